The van der Waals surface area contributed by atoms with Crippen LogP contribution in [0.4, 0.5) is 4.39 Å². The molecule has 0 atom stereocenters. The molecule has 0 spiro atoms. The second-order valence-electron chi connectivity index (χ2n) is 5.97. The third-order valence-electron chi connectivity index (χ3n) is 4.26. The molecule has 1 heterocycles. The molecule has 0 amide bonds. The quantitative estimate of drug-likeness (QED) is 0.602. The van der Waals surface area contributed by atoms with Gasteiger partial charge in [-0.1, -0.05) is 30.3 Å². The van der Waals surface area contributed by atoms with Gasteiger partial charge in [-0.15, -0.1) is 0 Å². The van der Waals surface area contributed by atoms with Crippen LogP contribution in [0.25, 0.3) is 27.7 Å². The third kappa shape index (κ3) is 2.97. The lowest BCUT2D eigenvalue weighted by molar-refractivity contribution is 0.0697. The Morgan fingerprint density at radius 2 is 1.63 bits per heavy atom. The van der Waals surface area contributed by atoms with Gasteiger partial charge in [0.2, 0.25) is 0 Å². The maximum absolute atomic E-state index is 13.3. The van der Waals surface area contributed by atoms with E-state index in [0.717, 1.165) is 0 Å². The van der Waals surface area contributed by atoms with Crippen molar-refractivity contribution in [3.8, 4) is 16.9 Å². The summed E-state index contributed by atoms with van der Waals surface area (Å²) >= 11 is 0. The number of halogens is 1. The number of aromatic carboxylic acids is 1. The fraction of sp³-hybridized carbons (Fsp3) is 0. The molecule has 0 unspecified atom stereocenters. The Bertz CT molecular complexity index is 1230. The summed E-state index contributed by atoms with van der Waals surface area (Å²) in [5.41, 5.74) is 1.25. The minimum absolute atomic E-state index is 0.123. The van der Waals surface area contributed by atoms with Crippen LogP contribution in [-0.2, 0) is 0 Å². The first-order chi connectivity index (χ1) is 13.0. The van der Waals surface area contributed by atoms with E-state index in [1.807, 2.05) is 0 Å². The molecule has 27 heavy (non-hydrogen) atoms. The van der Waals surface area contributed by atoms with E-state index in [-0.39, 0.29) is 11.1 Å². The fourth-order valence-corrected chi connectivity index (χ4v) is 2.96. The first-order valence-electron chi connectivity index (χ1n) is 8.16. The number of carbonyl (C=O) groups is 1. The zero-order chi connectivity index (χ0) is 19.0. The van der Waals surface area contributed by atoms with Crippen molar-refractivity contribution in [1.29, 1.82) is 0 Å². The van der Waals surface area contributed by atoms with Gasteiger partial charge in [-0.25, -0.2) is 9.18 Å². The van der Waals surface area contributed by atoms with Crippen LogP contribution < -0.4 is 5.56 Å². The van der Waals surface area contributed by atoms with Gasteiger partial charge in [0, 0.05) is 10.9 Å². The van der Waals surface area contributed by atoms with E-state index in [1.165, 1.54) is 41.1 Å². The normalized spacial score (nSPS) is 10.9. The minimum atomic E-state index is -1.05. The van der Waals surface area contributed by atoms with Gasteiger partial charge >= 0.3 is 5.97 Å². The summed E-state index contributed by atoms with van der Waals surface area (Å²) < 4.78 is 14.5. The molecule has 0 bridgehead atoms. The molecule has 0 fully saturated rings. The predicted octanol–water partition coefficient (Wildman–Crippen LogP) is 3.89. The monoisotopic (exact) mass is 360 g/mol. The van der Waals surface area contributed by atoms with Gasteiger partial charge < -0.3 is 5.11 Å². The molecule has 3 aromatic carbocycles. The molecule has 6 heteroatoms. The van der Waals surface area contributed by atoms with Crippen molar-refractivity contribution in [2.75, 3.05) is 0 Å². The number of aromatic nitrogens is 2. The molecule has 0 aliphatic carbocycles. The molecule has 0 radical (unpaired) electrons. The Labute approximate surface area is 152 Å². The van der Waals surface area contributed by atoms with Crippen LogP contribution in [0, 0.1) is 5.82 Å². The van der Waals surface area contributed by atoms with Crippen LogP contribution >= 0.6 is 0 Å². The van der Waals surface area contributed by atoms with Gasteiger partial charge in [0.25, 0.3) is 5.56 Å². The standard InChI is InChI=1S/C21H13FN2O3/c22-15-8-10-16(11-9-15)24-20(25)18-7-2-1-6-17(18)19(23-24)13-4-3-5-14(12-13)21(26)27/h1-12H,(H,26,27). The highest BCUT2D eigenvalue weighted by Crippen LogP contribution is 2.26. The van der Waals surface area contributed by atoms with Crippen LogP contribution in [-0.4, -0.2) is 20.9 Å². The molecule has 0 saturated carbocycles. The molecule has 132 valence electrons. The summed E-state index contributed by atoms with van der Waals surface area (Å²) in [5, 5.41) is 14.8. The zero-order valence-corrected chi connectivity index (χ0v) is 14.0. The summed E-state index contributed by atoms with van der Waals surface area (Å²) in [5.74, 6) is -1.46. The third-order valence-corrected chi connectivity index (χ3v) is 4.26. The van der Waals surface area contributed by atoms with Crippen molar-refractivity contribution in [3.63, 3.8) is 0 Å². The van der Waals surface area contributed by atoms with Gasteiger partial charge in [0.05, 0.1) is 22.3 Å². The van der Waals surface area contributed by atoms with Gasteiger partial charge in [-0.2, -0.15) is 9.78 Å². The topological polar surface area (TPSA) is 72.2 Å². The maximum atomic E-state index is 13.3. The largest absolute Gasteiger partial charge is 0.478 e. The lowest BCUT2D eigenvalue weighted by Crippen LogP contribution is -2.22. The zero-order valence-electron chi connectivity index (χ0n) is 14.0. The van der Waals surface area contributed by atoms with Gasteiger partial charge in [-0.05, 0) is 42.5 Å². The van der Waals surface area contributed by atoms with Gasteiger partial charge in [0.15, 0.2) is 0 Å². The Morgan fingerprint density at radius 1 is 0.926 bits per heavy atom. The number of benzene rings is 3. The van der Waals surface area contributed by atoms with Crippen LogP contribution in [0.2, 0.25) is 0 Å². The highest BCUT2D eigenvalue weighted by atomic mass is 19.1. The molecule has 0 aliphatic rings. The Hall–Kier alpha value is -3.80. The van der Waals surface area contributed by atoms with E-state index in [1.54, 1.807) is 36.4 Å². The summed E-state index contributed by atoms with van der Waals surface area (Å²) in [7, 11) is 0. The van der Waals surface area contributed by atoms with E-state index in [2.05, 4.69) is 5.10 Å². The van der Waals surface area contributed by atoms with Crippen molar-refractivity contribution in [1.82, 2.24) is 9.78 Å². The number of nitrogens with zero attached hydrogens (tertiary/aromatic N) is 2. The first kappa shape index (κ1) is 16.7. The molecule has 5 nitrogen and oxygen atoms in total. The van der Waals surface area contributed by atoms with Crippen LogP contribution in [0.3, 0.4) is 0 Å². The Kier molecular flexibility index (Phi) is 4.01. The van der Waals surface area contributed by atoms with E-state index in [0.29, 0.717) is 27.7 Å². The predicted molar refractivity (Wildman–Crippen MR) is 99.7 cm³/mol. The van der Waals surface area contributed by atoms with Crippen molar-refractivity contribution in [2.24, 2.45) is 0 Å². The van der Waals surface area contributed by atoms with E-state index >= 15 is 0 Å². The summed E-state index contributed by atoms with van der Waals surface area (Å²) in [6.45, 7) is 0. The molecular formula is C21H13FN2O3. The summed E-state index contributed by atoms with van der Waals surface area (Å²) in [6, 6.07) is 18.8. The lowest BCUT2D eigenvalue weighted by Gasteiger charge is -2.11. The average Bonchev–Trinajstić information content (AvgIpc) is 2.69. The number of carboxylic acid groups (broad SMARTS) is 1. The summed E-state index contributed by atoms with van der Waals surface area (Å²) in [6.07, 6.45) is 0. The summed E-state index contributed by atoms with van der Waals surface area (Å²) in [4.78, 5) is 24.2. The Balaban J connectivity index is 2.04. The van der Waals surface area contributed by atoms with Gasteiger partial charge in [-0.3, -0.25) is 4.79 Å². The SMILES string of the molecule is O=C(O)c1cccc(-c2nn(-c3ccc(F)cc3)c(=O)c3ccccc23)c1. The molecule has 0 aliphatic heterocycles. The van der Waals surface area contributed by atoms with E-state index in [9.17, 15) is 19.1 Å². The molecule has 1 aromatic heterocycles. The van der Waals surface area contributed by atoms with Crippen LogP contribution in [0.15, 0.2) is 77.6 Å². The first-order valence-corrected chi connectivity index (χ1v) is 8.16. The molecule has 0 saturated heterocycles. The number of hydrogen-bond donors (Lipinski definition) is 1. The number of rotatable bonds is 3. The number of fused-ring (bicyclic) bond motifs is 1. The number of carboxylic acids is 1. The molecule has 4 aromatic rings. The maximum Gasteiger partial charge on any atom is 0.335 e. The smallest absolute Gasteiger partial charge is 0.335 e. The van der Waals surface area contributed by atoms with Gasteiger partial charge in [0.1, 0.15) is 5.82 Å². The Morgan fingerprint density at radius 3 is 2.33 bits per heavy atom. The van der Waals surface area contributed by atoms with Crippen LogP contribution in [0.1, 0.15) is 10.4 Å². The van der Waals surface area contributed by atoms with E-state index in [4.69, 9.17) is 0 Å². The second-order valence-corrected chi connectivity index (χ2v) is 5.97. The minimum Gasteiger partial charge on any atom is -0.478 e. The molecule has 1 N–H and O–H groups in total. The highest BCUT2D eigenvalue weighted by molar-refractivity contribution is 5.96. The molecule has 4 rings (SSSR count). The van der Waals surface area contributed by atoms with Crippen molar-refractivity contribution in [3.05, 3.63) is 94.5 Å². The highest BCUT2D eigenvalue weighted by Gasteiger charge is 2.14. The molecular weight excluding hydrogens is 347 g/mol. The van der Waals surface area contributed by atoms with Crippen molar-refractivity contribution < 1.29 is 14.3 Å². The van der Waals surface area contributed by atoms with Crippen molar-refractivity contribution in [2.45, 2.75) is 0 Å². The second kappa shape index (κ2) is 6.49. The number of hydrogen-bond acceptors (Lipinski definition) is 3. The fourth-order valence-electron chi connectivity index (χ4n) is 2.96. The lowest BCUT2D eigenvalue weighted by atomic mass is 10.0. The average molecular weight is 360 g/mol. The van der Waals surface area contributed by atoms with Crippen molar-refractivity contribution >= 4 is 16.7 Å². The van der Waals surface area contributed by atoms with E-state index < -0.39 is 11.8 Å². The van der Waals surface area contributed by atoms with Crippen LogP contribution in [0.5, 0.6) is 0 Å².